The predicted octanol–water partition coefficient (Wildman–Crippen LogP) is 2.44. The van der Waals surface area contributed by atoms with Crippen LogP contribution < -0.4 is 10.0 Å². The summed E-state index contributed by atoms with van der Waals surface area (Å²) in [5.74, 6) is -1.25. The fourth-order valence-electron chi connectivity index (χ4n) is 3.04. The van der Waals surface area contributed by atoms with E-state index in [0.29, 0.717) is 0 Å². The zero-order chi connectivity index (χ0) is 19.7. The summed E-state index contributed by atoms with van der Waals surface area (Å²) in [4.78, 5) is 12.5. The van der Waals surface area contributed by atoms with Crippen LogP contribution in [0.3, 0.4) is 0 Å². The number of carbonyl (C=O) groups excluding carboxylic acids is 1. The molecule has 0 aliphatic heterocycles. The lowest BCUT2D eigenvalue weighted by Gasteiger charge is -2.23. The molecule has 0 spiro atoms. The van der Waals surface area contributed by atoms with Crippen LogP contribution in [0.25, 0.3) is 0 Å². The lowest BCUT2D eigenvalue weighted by molar-refractivity contribution is 0.0808. The van der Waals surface area contributed by atoms with Crippen molar-refractivity contribution in [3.05, 3.63) is 65.5 Å². The van der Waals surface area contributed by atoms with Crippen molar-refractivity contribution in [1.29, 1.82) is 0 Å². The summed E-state index contributed by atoms with van der Waals surface area (Å²) >= 11 is 0. The second kappa shape index (κ2) is 7.28. The summed E-state index contributed by atoms with van der Waals surface area (Å²) in [7, 11) is -3.62. The number of hydrogen-bond acceptors (Lipinski definition) is 4. The number of aliphatic hydroxyl groups excluding tert-OH is 1. The molecule has 144 valence electrons. The molecule has 3 rings (SSSR count). The highest BCUT2D eigenvalue weighted by Gasteiger charge is 2.49. The van der Waals surface area contributed by atoms with Gasteiger partial charge in [0.15, 0.2) is 0 Å². The molecule has 1 atom stereocenters. The Hall–Kier alpha value is -2.45. The third-order valence-corrected chi connectivity index (χ3v) is 5.30. The van der Waals surface area contributed by atoms with E-state index in [0.717, 1.165) is 36.8 Å². The van der Waals surface area contributed by atoms with E-state index in [-0.39, 0.29) is 17.8 Å². The number of benzene rings is 2. The number of hydrogen-bond donors (Lipinski definition) is 3. The summed E-state index contributed by atoms with van der Waals surface area (Å²) in [5, 5.41) is 13.3. The van der Waals surface area contributed by atoms with Crippen LogP contribution >= 0.6 is 0 Å². The quantitative estimate of drug-likeness (QED) is 0.674. The summed E-state index contributed by atoms with van der Waals surface area (Å²) in [5.41, 5.74) is 0.208. The predicted molar refractivity (Wildman–Crippen MR) is 100 cm³/mol. The fraction of sp³-hybridized carbons (Fsp3) is 0.316. The van der Waals surface area contributed by atoms with Gasteiger partial charge in [0.1, 0.15) is 5.82 Å². The minimum atomic E-state index is -3.62. The number of aliphatic hydroxyl groups is 1. The molecular formula is C19H21FN2O4S. The van der Waals surface area contributed by atoms with Gasteiger partial charge in [-0.15, -0.1) is 0 Å². The van der Waals surface area contributed by atoms with E-state index in [4.69, 9.17) is 0 Å². The van der Waals surface area contributed by atoms with Gasteiger partial charge < -0.3 is 10.4 Å². The van der Waals surface area contributed by atoms with Crippen molar-refractivity contribution in [2.75, 3.05) is 17.5 Å². The molecule has 0 aromatic heterocycles. The zero-order valence-corrected chi connectivity index (χ0v) is 15.6. The van der Waals surface area contributed by atoms with Crippen molar-refractivity contribution < 1.29 is 22.7 Å². The summed E-state index contributed by atoms with van der Waals surface area (Å²) in [6.07, 6.45) is 1.73. The Kier molecular flexibility index (Phi) is 5.21. The third-order valence-electron chi connectivity index (χ3n) is 4.71. The van der Waals surface area contributed by atoms with Gasteiger partial charge in [0.05, 0.1) is 23.6 Å². The first-order chi connectivity index (χ1) is 12.7. The minimum absolute atomic E-state index is 0.00450. The maximum atomic E-state index is 13.6. The molecule has 1 amide bonds. The molecule has 1 saturated carbocycles. The van der Waals surface area contributed by atoms with Crippen molar-refractivity contribution in [3.8, 4) is 0 Å². The van der Waals surface area contributed by atoms with Crippen LogP contribution in [0.15, 0.2) is 48.5 Å². The summed E-state index contributed by atoms with van der Waals surface area (Å²) in [6.45, 7) is 0.205. The molecule has 0 bridgehead atoms. The molecule has 1 fully saturated rings. The van der Waals surface area contributed by atoms with Crippen LogP contribution in [0.5, 0.6) is 0 Å². The maximum absolute atomic E-state index is 13.6. The average Bonchev–Trinajstić information content (AvgIpc) is 3.41. The minimum Gasteiger partial charge on any atom is -0.388 e. The number of rotatable bonds is 7. The van der Waals surface area contributed by atoms with Crippen molar-refractivity contribution >= 4 is 21.6 Å². The number of carbonyl (C=O) groups is 1. The Morgan fingerprint density at radius 2 is 1.89 bits per heavy atom. The Labute approximate surface area is 157 Å². The van der Waals surface area contributed by atoms with Crippen LogP contribution in [0.2, 0.25) is 0 Å². The highest BCUT2D eigenvalue weighted by atomic mass is 32.2. The van der Waals surface area contributed by atoms with Gasteiger partial charge in [-0.2, -0.15) is 0 Å². The first-order valence-corrected chi connectivity index (χ1v) is 10.4. The van der Waals surface area contributed by atoms with E-state index in [1.165, 1.54) is 6.07 Å². The van der Waals surface area contributed by atoms with Gasteiger partial charge in [-0.05, 0) is 36.6 Å². The largest absolute Gasteiger partial charge is 0.388 e. The smallest absolute Gasteiger partial charge is 0.253 e. The molecule has 0 saturated heterocycles. The summed E-state index contributed by atoms with van der Waals surface area (Å²) in [6, 6.07) is 12.4. The average molecular weight is 392 g/mol. The third kappa shape index (κ3) is 4.64. The SMILES string of the molecule is CS(=O)(=O)Nc1ccc(F)cc1C(=O)NCC1(C(O)c2ccccc2)CC1. The first kappa shape index (κ1) is 19.3. The summed E-state index contributed by atoms with van der Waals surface area (Å²) < 4.78 is 38.7. The van der Waals surface area contributed by atoms with Crippen LogP contribution in [-0.4, -0.2) is 32.2 Å². The van der Waals surface area contributed by atoms with E-state index in [9.17, 15) is 22.7 Å². The second-order valence-corrected chi connectivity index (χ2v) is 8.67. The highest BCUT2D eigenvalue weighted by molar-refractivity contribution is 7.92. The van der Waals surface area contributed by atoms with Gasteiger partial charge in [0, 0.05) is 12.0 Å². The Balaban J connectivity index is 1.74. The molecule has 1 unspecified atom stereocenters. The number of sulfonamides is 1. The van der Waals surface area contributed by atoms with Gasteiger partial charge in [0.25, 0.3) is 5.91 Å². The number of anilines is 1. The lowest BCUT2D eigenvalue weighted by Crippen LogP contribution is -2.34. The molecular weight excluding hydrogens is 371 g/mol. The molecule has 1 aliphatic carbocycles. The van der Waals surface area contributed by atoms with E-state index < -0.39 is 33.3 Å². The maximum Gasteiger partial charge on any atom is 0.253 e. The van der Waals surface area contributed by atoms with Gasteiger partial charge in [-0.1, -0.05) is 30.3 Å². The van der Waals surface area contributed by atoms with Gasteiger partial charge in [-0.25, -0.2) is 12.8 Å². The zero-order valence-electron chi connectivity index (χ0n) is 14.8. The van der Waals surface area contributed by atoms with E-state index in [1.807, 2.05) is 30.3 Å². The van der Waals surface area contributed by atoms with E-state index in [2.05, 4.69) is 10.0 Å². The molecule has 1 aliphatic rings. The number of nitrogens with one attached hydrogen (secondary N) is 2. The van der Waals surface area contributed by atoms with Crippen molar-refractivity contribution in [2.24, 2.45) is 5.41 Å². The standard InChI is InChI=1S/C19H21FN2O4S/c1-27(25,26)22-16-8-7-14(20)11-15(16)18(24)21-12-19(9-10-19)17(23)13-5-3-2-4-6-13/h2-8,11,17,22-23H,9-10,12H2,1H3,(H,21,24). The van der Waals surface area contributed by atoms with Gasteiger partial charge >= 0.3 is 0 Å². The fourth-order valence-corrected chi connectivity index (χ4v) is 3.62. The van der Waals surface area contributed by atoms with Crippen molar-refractivity contribution in [2.45, 2.75) is 18.9 Å². The van der Waals surface area contributed by atoms with Gasteiger partial charge in [-0.3, -0.25) is 9.52 Å². The van der Waals surface area contributed by atoms with Crippen LogP contribution in [0.1, 0.15) is 34.9 Å². The van der Waals surface area contributed by atoms with Crippen LogP contribution in [-0.2, 0) is 10.0 Å². The molecule has 8 heteroatoms. The highest BCUT2D eigenvalue weighted by Crippen LogP contribution is 2.54. The number of halogens is 1. The first-order valence-electron chi connectivity index (χ1n) is 8.49. The lowest BCUT2D eigenvalue weighted by atomic mass is 9.92. The van der Waals surface area contributed by atoms with E-state index >= 15 is 0 Å². The molecule has 2 aromatic carbocycles. The van der Waals surface area contributed by atoms with E-state index in [1.54, 1.807) is 0 Å². The number of amides is 1. The Morgan fingerprint density at radius 3 is 2.48 bits per heavy atom. The Morgan fingerprint density at radius 1 is 1.22 bits per heavy atom. The molecule has 6 nitrogen and oxygen atoms in total. The van der Waals surface area contributed by atoms with Crippen molar-refractivity contribution in [3.63, 3.8) is 0 Å². The Bertz CT molecular complexity index is 943. The molecule has 3 N–H and O–H groups in total. The normalized spacial score (nSPS) is 16.4. The molecule has 2 aromatic rings. The second-order valence-electron chi connectivity index (χ2n) is 6.92. The molecule has 27 heavy (non-hydrogen) atoms. The van der Waals surface area contributed by atoms with Crippen LogP contribution in [0.4, 0.5) is 10.1 Å². The van der Waals surface area contributed by atoms with Gasteiger partial charge in [0.2, 0.25) is 10.0 Å². The van der Waals surface area contributed by atoms with Crippen LogP contribution in [0, 0.1) is 11.2 Å². The monoisotopic (exact) mass is 392 g/mol. The molecule has 0 heterocycles. The van der Waals surface area contributed by atoms with Crippen molar-refractivity contribution in [1.82, 2.24) is 5.32 Å². The molecule has 0 radical (unpaired) electrons. The topological polar surface area (TPSA) is 95.5 Å².